The van der Waals surface area contributed by atoms with Gasteiger partial charge in [-0.05, 0) is 25.5 Å². The van der Waals surface area contributed by atoms with Crippen LogP contribution in [0.3, 0.4) is 0 Å². The van der Waals surface area contributed by atoms with Gasteiger partial charge < -0.3 is 5.32 Å². The molecule has 0 saturated carbocycles. The van der Waals surface area contributed by atoms with Crippen LogP contribution in [0.15, 0.2) is 48.8 Å². The highest BCUT2D eigenvalue weighted by Gasteiger charge is 2.25. The van der Waals surface area contributed by atoms with E-state index in [9.17, 15) is 4.79 Å². The van der Waals surface area contributed by atoms with Gasteiger partial charge in [-0.1, -0.05) is 35.5 Å². The fourth-order valence-corrected chi connectivity index (χ4v) is 2.57. The Labute approximate surface area is 140 Å². The highest BCUT2D eigenvalue weighted by molar-refractivity contribution is 5.83. The normalized spacial score (nSPS) is 12.3. The molecule has 0 bridgehead atoms. The summed E-state index contributed by atoms with van der Waals surface area (Å²) < 4.78 is 3.31. The lowest BCUT2D eigenvalue weighted by Gasteiger charge is -2.18. The third kappa shape index (κ3) is 3.19. The minimum atomic E-state index is -0.567. The average Bonchev–Trinajstić information content (AvgIpc) is 3.17. The van der Waals surface area contributed by atoms with Gasteiger partial charge in [-0.15, -0.1) is 5.10 Å². The predicted molar refractivity (Wildman–Crippen MR) is 90.1 cm³/mol. The van der Waals surface area contributed by atoms with E-state index in [-0.39, 0.29) is 11.9 Å². The molecule has 3 aromatic rings. The first-order chi connectivity index (χ1) is 11.6. The summed E-state index contributed by atoms with van der Waals surface area (Å²) in [5.74, 6) is -0.113. The summed E-state index contributed by atoms with van der Waals surface area (Å²) in [5, 5.41) is 15.5. The van der Waals surface area contributed by atoms with E-state index in [4.69, 9.17) is 0 Å². The number of nitrogens with zero attached hydrogens (tertiary/aromatic N) is 5. The zero-order valence-electron chi connectivity index (χ0n) is 13.9. The molecule has 0 saturated heterocycles. The summed E-state index contributed by atoms with van der Waals surface area (Å²) in [6.45, 7) is 3.87. The molecule has 1 amide bonds. The Morgan fingerprint density at radius 2 is 1.92 bits per heavy atom. The van der Waals surface area contributed by atoms with Crippen molar-refractivity contribution < 1.29 is 4.79 Å². The Balaban J connectivity index is 1.99. The first-order valence-electron chi connectivity index (χ1n) is 7.82. The van der Waals surface area contributed by atoms with E-state index in [0.29, 0.717) is 5.69 Å². The fourth-order valence-electron chi connectivity index (χ4n) is 2.57. The van der Waals surface area contributed by atoms with Crippen LogP contribution in [0.2, 0.25) is 0 Å². The zero-order valence-corrected chi connectivity index (χ0v) is 13.9. The van der Waals surface area contributed by atoms with Gasteiger partial charge in [-0.3, -0.25) is 9.48 Å². The number of amides is 1. The largest absolute Gasteiger partial charge is 0.352 e. The van der Waals surface area contributed by atoms with Crippen molar-refractivity contribution in [1.82, 2.24) is 30.1 Å². The third-order valence-corrected chi connectivity index (χ3v) is 3.65. The number of benzene rings is 1. The molecule has 7 nitrogen and oxygen atoms in total. The molecule has 1 atom stereocenters. The topological polar surface area (TPSA) is 77.6 Å². The van der Waals surface area contributed by atoms with Crippen LogP contribution in [-0.2, 0) is 11.8 Å². The number of nitrogens with one attached hydrogen (secondary N) is 1. The van der Waals surface area contributed by atoms with Crippen LogP contribution in [0, 0.1) is 0 Å². The first kappa shape index (κ1) is 15.9. The Morgan fingerprint density at radius 3 is 2.54 bits per heavy atom. The minimum absolute atomic E-state index is 0.0452. The molecule has 0 aliphatic carbocycles. The average molecular weight is 324 g/mol. The van der Waals surface area contributed by atoms with Crippen molar-refractivity contribution in [2.24, 2.45) is 7.05 Å². The SMILES string of the molecule is CC(C)NC(=O)C(c1ccccc1)n1cc(-c2ccnn2C)nn1. The van der Waals surface area contributed by atoms with Gasteiger partial charge in [-0.2, -0.15) is 5.10 Å². The smallest absolute Gasteiger partial charge is 0.249 e. The Hall–Kier alpha value is -2.96. The second-order valence-corrected chi connectivity index (χ2v) is 5.90. The summed E-state index contributed by atoms with van der Waals surface area (Å²) in [6, 6.07) is 10.9. The van der Waals surface area contributed by atoms with Crippen LogP contribution >= 0.6 is 0 Å². The molecular formula is C17H20N6O. The van der Waals surface area contributed by atoms with Gasteiger partial charge in [0.15, 0.2) is 6.04 Å². The second kappa shape index (κ2) is 6.66. The molecule has 0 aliphatic heterocycles. The van der Waals surface area contributed by atoms with Crippen molar-refractivity contribution in [3.05, 3.63) is 54.4 Å². The summed E-state index contributed by atoms with van der Waals surface area (Å²) in [7, 11) is 1.84. The van der Waals surface area contributed by atoms with Gasteiger partial charge in [0.1, 0.15) is 5.69 Å². The highest BCUT2D eigenvalue weighted by Crippen LogP contribution is 2.21. The monoisotopic (exact) mass is 324 g/mol. The van der Waals surface area contributed by atoms with Crippen LogP contribution in [-0.4, -0.2) is 36.7 Å². The van der Waals surface area contributed by atoms with Gasteiger partial charge in [0.2, 0.25) is 5.91 Å². The summed E-state index contributed by atoms with van der Waals surface area (Å²) in [6.07, 6.45) is 3.48. The molecular weight excluding hydrogens is 304 g/mol. The molecule has 0 spiro atoms. The Kier molecular flexibility index (Phi) is 4.41. The number of rotatable bonds is 5. The van der Waals surface area contributed by atoms with Gasteiger partial charge in [0.25, 0.3) is 0 Å². The number of carbonyl (C=O) groups excluding carboxylic acids is 1. The quantitative estimate of drug-likeness (QED) is 0.776. The third-order valence-electron chi connectivity index (χ3n) is 3.65. The van der Waals surface area contributed by atoms with E-state index in [1.807, 2.05) is 57.3 Å². The van der Waals surface area contributed by atoms with Crippen LogP contribution in [0.25, 0.3) is 11.4 Å². The van der Waals surface area contributed by atoms with Crippen molar-refractivity contribution in [1.29, 1.82) is 0 Å². The van der Waals surface area contributed by atoms with Crippen molar-refractivity contribution in [3.8, 4) is 11.4 Å². The second-order valence-electron chi connectivity index (χ2n) is 5.90. The van der Waals surface area contributed by atoms with Gasteiger partial charge in [0, 0.05) is 19.3 Å². The van der Waals surface area contributed by atoms with Crippen molar-refractivity contribution in [2.75, 3.05) is 0 Å². The minimum Gasteiger partial charge on any atom is -0.352 e. The van der Waals surface area contributed by atoms with Crippen LogP contribution < -0.4 is 5.32 Å². The Morgan fingerprint density at radius 1 is 1.17 bits per heavy atom. The molecule has 3 rings (SSSR count). The molecule has 0 fully saturated rings. The first-order valence-corrected chi connectivity index (χ1v) is 7.82. The Bertz CT molecular complexity index is 820. The maximum Gasteiger partial charge on any atom is 0.249 e. The molecule has 1 N–H and O–H groups in total. The molecule has 0 aliphatic rings. The molecule has 2 aromatic heterocycles. The molecule has 7 heteroatoms. The van der Waals surface area contributed by atoms with E-state index in [2.05, 4.69) is 20.7 Å². The highest BCUT2D eigenvalue weighted by atomic mass is 16.2. The van der Waals surface area contributed by atoms with E-state index < -0.39 is 6.04 Å². The van der Waals surface area contributed by atoms with E-state index in [0.717, 1.165) is 11.3 Å². The van der Waals surface area contributed by atoms with Crippen molar-refractivity contribution in [3.63, 3.8) is 0 Å². The van der Waals surface area contributed by atoms with E-state index in [1.165, 1.54) is 0 Å². The van der Waals surface area contributed by atoms with Gasteiger partial charge in [0.05, 0.1) is 11.9 Å². The standard InChI is InChI=1S/C17H20N6O/c1-12(2)19-17(24)16(13-7-5-4-6-8-13)23-11-14(20-21-23)15-9-10-18-22(15)3/h4-12,16H,1-3H3,(H,19,24). The number of aromatic nitrogens is 5. The lowest BCUT2D eigenvalue weighted by molar-refractivity contribution is -0.124. The van der Waals surface area contributed by atoms with Crippen LogP contribution in [0.1, 0.15) is 25.5 Å². The maximum absolute atomic E-state index is 12.7. The van der Waals surface area contributed by atoms with Gasteiger partial charge in [-0.25, -0.2) is 4.68 Å². The maximum atomic E-state index is 12.7. The lowest BCUT2D eigenvalue weighted by Crippen LogP contribution is -2.37. The lowest BCUT2D eigenvalue weighted by atomic mass is 10.1. The predicted octanol–water partition coefficient (Wildman–Crippen LogP) is 1.79. The van der Waals surface area contributed by atoms with Crippen LogP contribution in [0.5, 0.6) is 0 Å². The summed E-state index contributed by atoms with van der Waals surface area (Å²) in [5.41, 5.74) is 2.38. The molecule has 0 radical (unpaired) electrons. The van der Waals surface area contributed by atoms with Crippen molar-refractivity contribution in [2.45, 2.75) is 25.9 Å². The van der Waals surface area contributed by atoms with Gasteiger partial charge >= 0.3 is 0 Å². The zero-order chi connectivity index (χ0) is 17.1. The van der Waals surface area contributed by atoms with E-state index >= 15 is 0 Å². The summed E-state index contributed by atoms with van der Waals surface area (Å²) >= 11 is 0. The molecule has 124 valence electrons. The molecule has 24 heavy (non-hydrogen) atoms. The number of aryl methyl sites for hydroxylation is 1. The van der Waals surface area contributed by atoms with Crippen LogP contribution in [0.4, 0.5) is 0 Å². The van der Waals surface area contributed by atoms with E-state index in [1.54, 1.807) is 21.8 Å². The van der Waals surface area contributed by atoms with Crippen molar-refractivity contribution >= 4 is 5.91 Å². The molecule has 1 unspecified atom stereocenters. The number of hydrogen-bond donors (Lipinski definition) is 1. The number of hydrogen-bond acceptors (Lipinski definition) is 4. The fraction of sp³-hybridized carbons (Fsp3) is 0.294. The summed E-state index contributed by atoms with van der Waals surface area (Å²) in [4.78, 5) is 12.7. The molecule has 1 aromatic carbocycles. The molecule has 2 heterocycles. The number of carbonyl (C=O) groups is 1.